The second-order valence-corrected chi connectivity index (χ2v) is 5.10. The van der Waals surface area contributed by atoms with Gasteiger partial charge in [0.05, 0.1) is 0 Å². The normalized spacial score (nSPS) is 18.4. The van der Waals surface area contributed by atoms with Gasteiger partial charge < -0.3 is 10.2 Å². The van der Waals surface area contributed by atoms with Gasteiger partial charge in [-0.2, -0.15) is 0 Å². The minimum Gasteiger partial charge on any atom is -0.356 e. The van der Waals surface area contributed by atoms with Crippen LogP contribution in [0.4, 0.5) is 5.82 Å². The van der Waals surface area contributed by atoms with E-state index in [0.29, 0.717) is 6.04 Å². The maximum Gasteiger partial charge on any atom is 0.133 e. The second-order valence-electron chi connectivity index (χ2n) is 5.10. The topological polar surface area (TPSA) is 28.2 Å². The third-order valence-electron chi connectivity index (χ3n) is 3.70. The van der Waals surface area contributed by atoms with Crippen molar-refractivity contribution in [1.29, 1.82) is 0 Å². The molecule has 0 aromatic carbocycles. The van der Waals surface area contributed by atoms with E-state index >= 15 is 0 Å². The van der Waals surface area contributed by atoms with Gasteiger partial charge in [0.25, 0.3) is 0 Å². The van der Waals surface area contributed by atoms with Crippen molar-refractivity contribution >= 4 is 5.82 Å². The molecule has 1 unspecified atom stereocenters. The smallest absolute Gasteiger partial charge is 0.133 e. The number of rotatable bonds is 4. The maximum atomic E-state index is 4.63. The summed E-state index contributed by atoms with van der Waals surface area (Å²) in [4.78, 5) is 7.10. The van der Waals surface area contributed by atoms with Crippen molar-refractivity contribution in [2.75, 3.05) is 24.5 Å². The van der Waals surface area contributed by atoms with E-state index in [0.717, 1.165) is 19.6 Å². The summed E-state index contributed by atoms with van der Waals surface area (Å²) in [7, 11) is 0. The van der Waals surface area contributed by atoms with E-state index in [1.165, 1.54) is 37.1 Å². The Morgan fingerprint density at radius 1 is 1.28 bits per heavy atom. The first-order chi connectivity index (χ1) is 8.83. The highest BCUT2D eigenvalue weighted by Crippen LogP contribution is 2.25. The molecule has 0 spiro atoms. The molecule has 100 valence electrons. The first kappa shape index (κ1) is 13.3. The molecule has 1 aliphatic rings. The van der Waals surface area contributed by atoms with Gasteiger partial charge in [0.1, 0.15) is 5.82 Å². The molecular formula is C15H25N3. The monoisotopic (exact) mass is 247 g/mol. The first-order valence-corrected chi connectivity index (χ1v) is 7.26. The van der Waals surface area contributed by atoms with E-state index < -0.39 is 0 Å². The van der Waals surface area contributed by atoms with Crippen molar-refractivity contribution in [3.63, 3.8) is 0 Å². The Kier molecular flexibility index (Phi) is 5.00. The van der Waals surface area contributed by atoms with Gasteiger partial charge in [-0.05, 0) is 32.4 Å². The van der Waals surface area contributed by atoms with Crippen LogP contribution in [0.3, 0.4) is 0 Å². The van der Waals surface area contributed by atoms with E-state index in [1.54, 1.807) is 0 Å². The van der Waals surface area contributed by atoms with Crippen LogP contribution in [-0.2, 0) is 0 Å². The van der Waals surface area contributed by atoms with Gasteiger partial charge >= 0.3 is 0 Å². The van der Waals surface area contributed by atoms with Crippen molar-refractivity contribution < 1.29 is 0 Å². The predicted octanol–water partition coefficient (Wildman–Crippen LogP) is 3.13. The fourth-order valence-corrected chi connectivity index (χ4v) is 2.71. The molecule has 0 radical (unpaired) electrons. The van der Waals surface area contributed by atoms with Crippen molar-refractivity contribution in [1.82, 2.24) is 10.3 Å². The lowest BCUT2D eigenvalue weighted by Gasteiger charge is -2.26. The molecule has 1 saturated heterocycles. The van der Waals surface area contributed by atoms with Crippen molar-refractivity contribution in [3.05, 3.63) is 23.9 Å². The zero-order valence-electron chi connectivity index (χ0n) is 11.7. The van der Waals surface area contributed by atoms with Crippen LogP contribution in [0.25, 0.3) is 0 Å². The minimum absolute atomic E-state index is 0.377. The summed E-state index contributed by atoms with van der Waals surface area (Å²) in [6.07, 6.45) is 7.24. The highest BCUT2D eigenvalue weighted by molar-refractivity contribution is 5.48. The summed E-state index contributed by atoms with van der Waals surface area (Å²) >= 11 is 0. The van der Waals surface area contributed by atoms with Crippen LogP contribution in [-0.4, -0.2) is 24.6 Å². The Morgan fingerprint density at radius 3 is 2.67 bits per heavy atom. The van der Waals surface area contributed by atoms with Gasteiger partial charge in [-0.1, -0.05) is 25.8 Å². The Labute approximate surface area is 111 Å². The van der Waals surface area contributed by atoms with Gasteiger partial charge in [0.2, 0.25) is 0 Å². The number of nitrogens with one attached hydrogen (secondary N) is 1. The Bertz CT molecular complexity index is 357. The SMILES string of the molecule is CCNC(C)c1cccnc1N1CCCCCC1. The van der Waals surface area contributed by atoms with E-state index in [2.05, 4.69) is 35.1 Å². The molecule has 3 nitrogen and oxygen atoms in total. The molecule has 0 saturated carbocycles. The molecular weight excluding hydrogens is 222 g/mol. The van der Waals surface area contributed by atoms with Crippen molar-refractivity contribution in [3.8, 4) is 0 Å². The summed E-state index contributed by atoms with van der Waals surface area (Å²) in [6.45, 7) is 7.68. The van der Waals surface area contributed by atoms with Crippen LogP contribution in [0.5, 0.6) is 0 Å². The van der Waals surface area contributed by atoms with Gasteiger partial charge in [0, 0.05) is 30.9 Å². The molecule has 18 heavy (non-hydrogen) atoms. The Morgan fingerprint density at radius 2 is 2.00 bits per heavy atom. The molecule has 2 rings (SSSR count). The molecule has 1 fully saturated rings. The summed E-state index contributed by atoms with van der Waals surface area (Å²) in [5, 5.41) is 3.49. The number of anilines is 1. The molecule has 0 aliphatic carbocycles. The van der Waals surface area contributed by atoms with Crippen LogP contribution >= 0.6 is 0 Å². The summed E-state index contributed by atoms with van der Waals surface area (Å²) < 4.78 is 0. The fourth-order valence-electron chi connectivity index (χ4n) is 2.71. The maximum absolute atomic E-state index is 4.63. The predicted molar refractivity (Wildman–Crippen MR) is 77.0 cm³/mol. The van der Waals surface area contributed by atoms with Crippen LogP contribution in [0.1, 0.15) is 51.1 Å². The lowest BCUT2D eigenvalue weighted by atomic mass is 10.1. The Balaban J connectivity index is 2.19. The highest BCUT2D eigenvalue weighted by Gasteiger charge is 2.17. The van der Waals surface area contributed by atoms with Crippen LogP contribution in [0.2, 0.25) is 0 Å². The van der Waals surface area contributed by atoms with Crippen LogP contribution in [0, 0.1) is 0 Å². The molecule has 0 bridgehead atoms. The Hall–Kier alpha value is -1.09. The molecule has 3 heteroatoms. The van der Waals surface area contributed by atoms with Crippen LogP contribution < -0.4 is 10.2 Å². The van der Waals surface area contributed by atoms with E-state index in [-0.39, 0.29) is 0 Å². The third kappa shape index (κ3) is 3.22. The molecule has 1 aromatic rings. The zero-order chi connectivity index (χ0) is 12.8. The molecule has 1 atom stereocenters. The summed E-state index contributed by atoms with van der Waals surface area (Å²) in [5.41, 5.74) is 1.33. The molecule has 1 aliphatic heterocycles. The molecule has 1 N–H and O–H groups in total. The fraction of sp³-hybridized carbons (Fsp3) is 0.667. The average Bonchev–Trinajstić information content (AvgIpc) is 2.68. The van der Waals surface area contributed by atoms with Crippen molar-refractivity contribution in [2.45, 2.75) is 45.6 Å². The summed E-state index contributed by atoms with van der Waals surface area (Å²) in [6, 6.07) is 4.63. The van der Waals surface area contributed by atoms with E-state index in [4.69, 9.17) is 0 Å². The molecule has 0 amide bonds. The number of nitrogens with zero attached hydrogens (tertiary/aromatic N) is 2. The van der Waals surface area contributed by atoms with Crippen molar-refractivity contribution in [2.24, 2.45) is 0 Å². The lowest BCUT2D eigenvalue weighted by Crippen LogP contribution is -2.28. The number of pyridine rings is 1. The summed E-state index contributed by atoms with van der Waals surface area (Å²) in [5.74, 6) is 1.19. The van der Waals surface area contributed by atoms with Gasteiger partial charge in [-0.3, -0.25) is 0 Å². The highest BCUT2D eigenvalue weighted by atomic mass is 15.2. The quantitative estimate of drug-likeness (QED) is 0.886. The van der Waals surface area contributed by atoms with E-state index in [1.807, 2.05) is 12.3 Å². The van der Waals surface area contributed by atoms with Gasteiger partial charge in [-0.25, -0.2) is 4.98 Å². The van der Waals surface area contributed by atoms with Gasteiger partial charge in [-0.15, -0.1) is 0 Å². The standard InChI is InChI=1S/C15H25N3/c1-3-16-13(2)14-9-8-10-17-15(14)18-11-6-4-5-7-12-18/h8-10,13,16H,3-7,11-12H2,1-2H3. The molecule has 1 aromatic heterocycles. The number of hydrogen-bond donors (Lipinski definition) is 1. The lowest BCUT2D eigenvalue weighted by molar-refractivity contribution is 0.592. The largest absolute Gasteiger partial charge is 0.356 e. The third-order valence-corrected chi connectivity index (χ3v) is 3.70. The minimum atomic E-state index is 0.377. The van der Waals surface area contributed by atoms with E-state index in [9.17, 15) is 0 Å². The average molecular weight is 247 g/mol. The zero-order valence-corrected chi connectivity index (χ0v) is 11.7. The van der Waals surface area contributed by atoms with Gasteiger partial charge in [0.15, 0.2) is 0 Å². The number of hydrogen-bond acceptors (Lipinski definition) is 3. The second kappa shape index (κ2) is 6.74. The van der Waals surface area contributed by atoms with Crippen LogP contribution in [0.15, 0.2) is 18.3 Å². The first-order valence-electron chi connectivity index (χ1n) is 7.26. The molecule has 2 heterocycles. The number of aromatic nitrogens is 1.